The van der Waals surface area contributed by atoms with Crippen molar-refractivity contribution >= 4 is 28.0 Å². The van der Waals surface area contributed by atoms with Gasteiger partial charge in [0.05, 0.1) is 24.5 Å². The SMILES string of the molecule is COCCc1nsc(Nc2ccc(N3CC(C)OC(C)C3)c(F)c2)n1. The molecule has 1 fully saturated rings. The highest BCUT2D eigenvalue weighted by Gasteiger charge is 2.24. The van der Waals surface area contributed by atoms with Crippen molar-refractivity contribution in [3.05, 3.63) is 29.8 Å². The Morgan fingerprint density at radius 1 is 1.36 bits per heavy atom. The van der Waals surface area contributed by atoms with E-state index in [2.05, 4.69) is 14.7 Å². The number of hydrogen-bond acceptors (Lipinski definition) is 7. The van der Waals surface area contributed by atoms with Crippen LogP contribution in [-0.2, 0) is 15.9 Å². The van der Waals surface area contributed by atoms with Gasteiger partial charge in [-0.1, -0.05) is 0 Å². The Morgan fingerprint density at radius 2 is 2.12 bits per heavy atom. The lowest BCUT2D eigenvalue weighted by Gasteiger charge is -2.37. The molecule has 0 aliphatic carbocycles. The van der Waals surface area contributed by atoms with Gasteiger partial charge in [-0.05, 0) is 32.0 Å². The number of methoxy groups -OCH3 is 1. The number of hydrogen-bond donors (Lipinski definition) is 1. The molecule has 1 aromatic carbocycles. The van der Waals surface area contributed by atoms with Gasteiger partial charge in [0.2, 0.25) is 5.13 Å². The molecule has 0 amide bonds. The molecule has 1 aliphatic heterocycles. The number of nitrogens with one attached hydrogen (secondary N) is 1. The van der Waals surface area contributed by atoms with E-state index >= 15 is 0 Å². The second kappa shape index (κ2) is 8.07. The maximum Gasteiger partial charge on any atom is 0.207 e. The Balaban J connectivity index is 1.68. The Labute approximate surface area is 151 Å². The molecule has 1 aromatic heterocycles. The van der Waals surface area contributed by atoms with Gasteiger partial charge in [0, 0.05) is 43.8 Å². The lowest BCUT2D eigenvalue weighted by molar-refractivity contribution is -0.00539. The molecule has 2 heterocycles. The van der Waals surface area contributed by atoms with Gasteiger partial charge in [0.25, 0.3) is 0 Å². The minimum absolute atomic E-state index is 0.0906. The third-order valence-corrected chi connectivity index (χ3v) is 4.63. The number of ether oxygens (including phenoxy) is 2. The lowest BCUT2D eigenvalue weighted by Crippen LogP contribution is -2.45. The zero-order valence-corrected chi connectivity index (χ0v) is 15.5. The molecule has 0 radical (unpaired) electrons. The van der Waals surface area contributed by atoms with Crippen molar-refractivity contribution in [2.45, 2.75) is 32.5 Å². The predicted octanol–water partition coefficient (Wildman–Crippen LogP) is 3.22. The molecule has 2 atom stereocenters. The lowest BCUT2D eigenvalue weighted by atomic mass is 10.2. The van der Waals surface area contributed by atoms with Gasteiger partial charge in [-0.15, -0.1) is 0 Å². The first-order valence-corrected chi connectivity index (χ1v) is 9.11. The first-order valence-electron chi connectivity index (χ1n) is 8.33. The number of anilines is 3. The van der Waals surface area contributed by atoms with Crippen LogP contribution in [0.2, 0.25) is 0 Å². The first-order chi connectivity index (χ1) is 12.0. The number of rotatable bonds is 6. The molecule has 0 bridgehead atoms. The van der Waals surface area contributed by atoms with Gasteiger partial charge >= 0.3 is 0 Å². The molecule has 2 aromatic rings. The van der Waals surface area contributed by atoms with E-state index in [4.69, 9.17) is 9.47 Å². The third-order valence-electron chi connectivity index (χ3n) is 3.96. The van der Waals surface area contributed by atoms with Crippen molar-refractivity contribution in [1.29, 1.82) is 0 Å². The topological polar surface area (TPSA) is 59.5 Å². The molecule has 0 spiro atoms. The normalized spacial score (nSPS) is 20.7. The van der Waals surface area contributed by atoms with E-state index in [1.165, 1.54) is 17.6 Å². The van der Waals surface area contributed by atoms with Gasteiger partial charge in [-0.2, -0.15) is 4.37 Å². The van der Waals surface area contributed by atoms with Crippen LogP contribution >= 0.6 is 11.5 Å². The summed E-state index contributed by atoms with van der Waals surface area (Å²) >= 11 is 1.26. The van der Waals surface area contributed by atoms with Crippen molar-refractivity contribution in [1.82, 2.24) is 9.36 Å². The number of morpholine rings is 1. The zero-order valence-electron chi connectivity index (χ0n) is 14.7. The Morgan fingerprint density at radius 3 is 2.80 bits per heavy atom. The molecule has 25 heavy (non-hydrogen) atoms. The molecule has 1 N–H and O–H groups in total. The maximum absolute atomic E-state index is 14.6. The minimum Gasteiger partial charge on any atom is -0.384 e. The molecule has 3 rings (SSSR count). The van der Waals surface area contributed by atoms with Gasteiger partial charge in [0.1, 0.15) is 11.6 Å². The van der Waals surface area contributed by atoms with E-state index < -0.39 is 0 Å². The number of halogens is 1. The predicted molar refractivity (Wildman–Crippen MR) is 97.4 cm³/mol. The standard InChI is InChI=1S/C17H23FN4O2S/c1-11-9-22(10-12(2)24-11)15-5-4-13(8-14(15)18)19-17-20-16(21-25-17)6-7-23-3/h4-5,8,11-12H,6-7,9-10H2,1-3H3,(H,19,20,21). The summed E-state index contributed by atoms with van der Waals surface area (Å²) in [5, 5.41) is 3.76. The quantitative estimate of drug-likeness (QED) is 0.847. The molecule has 2 unspecified atom stereocenters. The van der Waals surface area contributed by atoms with Crippen LogP contribution in [0.1, 0.15) is 19.7 Å². The summed E-state index contributed by atoms with van der Waals surface area (Å²) in [5.41, 5.74) is 1.26. The monoisotopic (exact) mass is 366 g/mol. The van der Waals surface area contributed by atoms with Crippen LogP contribution in [0.5, 0.6) is 0 Å². The molecule has 0 saturated carbocycles. The van der Waals surface area contributed by atoms with Gasteiger partial charge in [-0.25, -0.2) is 9.37 Å². The Bertz CT molecular complexity index is 702. The molecular weight excluding hydrogens is 343 g/mol. The minimum atomic E-state index is -0.254. The van der Waals surface area contributed by atoms with E-state index in [1.54, 1.807) is 13.2 Å². The summed E-state index contributed by atoms with van der Waals surface area (Å²) in [5.74, 6) is 0.471. The number of aromatic nitrogens is 2. The van der Waals surface area contributed by atoms with Crippen LogP contribution in [0.15, 0.2) is 18.2 Å². The zero-order chi connectivity index (χ0) is 17.8. The van der Waals surface area contributed by atoms with Crippen LogP contribution in [0.25, 0.3) is 0 Å². The fourth-order valence-corrected chi connectivity index (χ4v) is 3.57. The number of benzene rings is 1. The fourth-order valence-electron chi connectivity index (χ4n) is 2.94. The van der Waals surface area contributed by atoms with Crippen LogP contribution in [0.3, 0.4) is 0 Å². The second-order valence-electron chi connectivity index (χ2n) is 6.21. The van der Waals surface area contributed by atoms with Crippen molar-refractivity contribution in [3.63, 3.8) is 0 Å². The van der Waals surface area contributed by atoms with Crippen molar-refractivity contribution < 1.29 is 13.9 Å². The molecule has 8 heteroatoms. The summed E-state index contributed by atoms with van der Waals surface area (Å²) in [6.07, 6.45) is 0.843. The van der Waals surface area contributed by atoms with Crippen LogP contribution in [-0.4, -0.2) is 48.4 Å². The average Bonchev–Trinajstić information content (AvgIpc) is 2.99. The first kappa shape index (κ1) is 18.0. The van der Waals surface area contributed by atoms with Crippen molar-refractivity contribution in [3.8, 4) is 0 Å². The average molecular weight is 366 g/mol. The number of nitrogens with zero attached hydrogens (tertiary/aromatic N) is 3. The van der Waals surface area contributed by atoms with Crippen molar-refractivity contribution in [2.24, 2.45) is 0 Å². The van der Waals surface area contributed by atoms with E-state index in [0.29, 0.717) is 42.6 Å². The Kier molecular flexibility index (Phi) is 5.82. The summed E-state index contributed by atoms with van der Waals surface area (Å²) < 4.78 is 29.6. The third kappa shape index (κ3) is 4.65. The highest BCUT2D eigenvalue weighted by atomic mass is 32.1. The summed E-state index contributed by atoms with van der Waals surface area (Å²) in [6, 6.07) is 5.16. The smallest absolute Gasteiger partial charge is 0.207 e. The summed E-state index contributed by atoms with van der Waals surface area (Å²) in [6.45, 7) is 5.97. The Hall–Kier alpha value is -1.77. The van der Waals surface area contributed by atoms with Crippen LogP contribution < -0.4 is 10.2 Å². The largest absolute Gasteiger partial charge is 0.384 e. The molecular formula is C17H23FN4O2S. The van der Waals surface area contributed by atoms with E-state index in [9.17, 15) is 4.39 Å². The molecule has 136 valence electrons. The summed E-state index contributed by atoms with van der Waals surface area (Å²) in [4.78, 5) is 6.41. The van der Waals surface area contributed by atoms with E-state index in [-0.39, 0.29) is 18.0 Å². The fraction of sp³-hybridized carbons (Fsp3) is 0.529. The van der Waals surface area contributed by atoms with Crippen LogP contribution in [0.4, 0.5) is 20.9 Å². The molecule has 1 aliphatic rings. The van der Waals surface area contributed by atoms with E-state index in [0.717, 1.165) is 5.82 Å². The molecule has 1 saturated heterocycles. The van der Waals surface area contributed by atoms with E-state index in [1.807, 2.05) is 24.8 Å². The van der Waals surface area contributed by atoms with Crippen LogP contribution in [0, 0.1) is 5.82 Å². The highest BCUT2D eigenvalue weighted by Crippen LogP contribution is 2.27. The van der Waals surface area contributed by atoms with Crippen molar-refractivity contribution in [2.75, 3.05) is 37.0 Å². The van der Waals surface area contributed by atoms with Gasteiger partial charge in [-0.3, -0.25) is 0 Å². The maximum atomic E-state index is 14.6. The van der Waals surface area contributed by atoms with Gasteiger partial charge < -0.3 is 19.7 Å². The second-order valence-corrected chi connectivity index (χ2v) is 6.96. The highest BCUT2D eigenvalue weighted by molar-refractivity contribution is 7.09. The summed E-state index contributed by atoms with van der Waals surface area (Å²) in [7, 11) is 1.64. The molecule has 6 nitrogen and oxygen atoms in total. The van der Waals surface area contributed by atoms with Gasteiger partial charge in [0.15, 0.2) is 0 Å².